The van der Waals surface area contributed by atoms with Crippen molar-refractivity contribution in [3.63, 3.8) is 0 Å². The number of carbonyl (C=O) groups excluding carboxylic acids is 2. The Labute approximate surface area is 193 Å². The highest BCUT2D eigenvalue weighted by molar-refractivity contribution is 7.92. The van der Waals surface area contributed by atoms with Crippen LogP contribution in [0.2, 0.25) is 5.02 Å². The largest absolute Gasteiger partial charge is 0.450 e. The minimum Gasteiger partial charge on any atom is -0.450 e. The van der Waals surface area contributed by atoms with Gasteiger partial charge in [-0.3, -0.25) is 14.3 Å². The number of benzene rings is 2. The topological polar surface area (TPSA) is 89.5 Å². The summed E-state index contributed by atoms with van der Waals surface area (Å²) in [5.41, 5.74) is 2.20. The molecule has 1 N–H and O–H groups in total. The zero-order chi connectivity index (χ0) is 23.1. The predicted molar refractivity (Wildman–Crippen MR) is 124 cm³/mol. The quantitative estimate of drug-likeness (QED) is 0.486. The standard InChI is InChI=1S/C24H26ClNO5S/c1-3-32(29,30)26-17-9-7-8-16(13-17)19-12-15(2)18(14-20(19)25)21-22(27)24(31-23(21)28)10-5-4-6-11-24/h7-9,12-14,21,26H,3-6,10-11H2,1-2H3. The minimum absolute atomic E-state index is 0.0290. The number of ether oxygens (including phenoxy) is 1. The number of rotatable bonds is 5. The molecule has 4 rings (SSSR count). The molecule has 2 aromatic carbocycles. The first-order valence-corrected chi connectivity index (χ1v) is 12.9. The first-order valence-electron chi connectivity index (χ1n) is 10.8. The van der Waals surface area contributed by atoms with E-state index in [1.54, 1.807) is 31.2 Å². The van der Waals surface area contributed by atoms with Crippen molar-refractivity contribution < 1.29 is 22.7 Å². The van der Waals surface area contributed by atoms with Gasteiger partial charge in [-0.25, -0.2) is 8.42 Å². The normalized spacial score (nSPS) is 20.4. The maximum atomic E-state index is 13.3. The lowest BCUT2D eigenvalue weighted by atomic mass is 9.77. The molecule has 1 unspecified atom stereocenters. The van der Waals surface area contributed by atoms with E-state index >= 15 is 0 Å². The molecule has 1 saturated heterocycles. The van der Waals surface area contributed by atoms with Crippen molar-refractivity contribution in [1.29, 1.82) is 0 Å². The Bertz CT molecular complexity index is 1180. The van der Waals surface area contributed by atoms with Crippen LogP contribution in [0.5, 0.6) is 0 Å². The lowest BCUT2D eigenvalue weighted by Gasteiger charge is -2.29. The first-order chi connectivity index (χ1) is 15.2. The third-order valence-corrected chi connectivity index (χ3v) is 8.02. The van der Waals surface area contributed by atoms with Crippen LogP contribution in [0.4, 0.5) is 5.69 Å². The number of halogens is 1. The molecule has 0 aromatic heterocycles. The van der Waals surface area contributed by atoms with Gasteiger partial charge in [0.25, 0.3) is 0 Å². The summed E-state index contributed by atoms with van der Waals surface area (Å²) < 4.78 is 32.0. The highest BCUT2D eigenvalue weighted by atomic mass is 35.5. The van der Waals surface area contributed by atoms with Gasteiger partial charge in [0.1, 0.15) is 5.92 Å². The SMILES string of the molecule is CCS(=O)(=O)Nc1cccc(-c2cc(C)c(C3C(=O)OC4(CCCCC4)C3=O)cc2Cl)c1. The fraction of sp³-hybridized carbons (Fsp3) is 0.417. The van der Waals surface area contributed by atoms with Crippen LogP contribution in [-0.4, -0.2) is 31.5 Å². The van der Waals surface area contributed by atoms with Crippen LogP contribution in [0.25, 0.3) is 11.1 Å². The van der Waals surface area contributed by atoms with Crippen molar-refractivity contribution in [1.82, 2.24) is 0 Å². The number of carbonyl (C=O) groups is 2. The summed E-state index contributed by atoms with van der Waals surface area (Å²) >= 11 is 6.60. The van der Waals surface area contributed by atoms with E-state index in [-0.39, 0.29) is 11.5 Å². The number of hydrogen-bond acceptors (Lipinski definition) is 5. The van der Waals surface area contributed by atoms with Crippen molar-refractivity contribution in [3.05, 3.63) is 52.5 Å². The number of anilines is 1. The van der Waals surface area contributed by atoms with Crippen molar-refractivity contribution in [2.45, 2.75) is 57.5 Å². The van der Waals surface area contributed by atoms with Crippen molar-refractivity contribution in [2.75, 3.05) is 10.5 Å². The van der Waals surface area contributed by atoms with Crippen LogP contribution in [0.1, 0.15) is 56.1 Å². The number of aryl methyl sites for hydroxylation is 1. The second-order valence-electron chi connectivity index (χ2n) is 8.55. The van der Waals surface area contributed by atoms with Gasteiger partial charge < -0.3 is 4.74 Å². The Kier molecular flexibility index (Phi) is 6.07. The molecule has 0 radical (unpaired) electrons. The number of esters is 1. The Morgan fingerprint density at radius 2 is 1.84 bits per heavy atom. The molecule has 0 amide bonds. The number of ketones is 1. The molecule has 8 heteroatoms. The molecule has 6 nitrogen and oxygen atoms in total. The highest BCUT2D eigenvalue weighted by Gasteiger charge is 2.55. The molecule has 1 heterocycles. The van der Waals surface area contributed by atoms with E-state index < -0.39 is 27.5 Å². The van der Waals surface area contributed by atoms with E-state index in [2.05, 4.69) is 4.72 Å². The summed E-state index contributed by atoms with van der Waals surface area (Å²) in [6, 6.07) is 10.4. The fourth-order valence-corrected chi connectivity index (χ4v) is 5.55. The van der Waals surface area contributed by atoms with E-state index in [0.717, 1.165) is 30.4 Å². The summed E-state index contributed by atoms with van der Waals surface area (Å²) in [4.78, 5) is 26.0. The van der Waals surface area contributed by atoms with Crippen LogP contribution in [-0.2, 0) is 24.3 Å². The van der Waals surface area contributed by atoms with Gasteiger partial charge in [0.05, 0.1) is 5.75 Å². The van der Waals surface area contributed by atoms with Gasteiger partial charge in [-0.05, 0) is 80.5 Å². The molecule has 1 spiro atoms. The molecular weight excluding hydrogens is 450 g/mol. The van der Waals surface area contributed by atoms with Gasteiger partial charge in [-0.2, -0.15) is 0 Å². The van der Waals surface area contributed by atoms with E-state index in [1.165, 1.54) is 0 Å². The smallest absolute Gasteiger partial charge is 0.322 e. The summed E-state index contributed by atoms with van der Waals surface area (Å²) in [5.74, 6) is -1.65. The zero-order valence-corrected chi connectivity index (χ0v) is 19.7. The highest BCUT2D eigenvalue weighted by Crippen LogP contribution is 2.45. The van der Waals surface area contributed by atoms with Gasteiger partial charge in [0.2, 0.25) is 10.0 Å². The summed E-state index contributed by atoms with van der Waals surface area (Å²) in [5, 5.41) is 0.381. The van der Waals surface area contributed by atoms with Gasteiger partial charge in [0.15, 0.2) is 11.4 Å². The molecule has 1 aliphatic carbocycles. The fourth-order valence-electron chi connectivity index (χ4n) is 4.64. The number of Topliss-reactive ketones (excluding diaryl/α,β-unsaturated/α-hetero) is 1. The Morgan fingerprint density at radius 1 is 1.12 bits per heavy atom. The maximum Gasteiger partial charge on any atom is 0.322 e. The monoisotopic (exact) mass is 475 g/mol. The third-order valence-electron chi connectivity index (χ3n) is 6.40. The van der Waals surface area contributed by atoms with Gasteiger partial charge in [0, 0.05) is 16.3 Å². The van der Waals surface area contributed by atoms with Gasteiger partial charge >= 0.3 is 5.97 Å². The molecule has 2 aromatic rings. The van der Waals surface area contributed by atoms with Crippen LogP contribution < -0.4 is 4.72 Å². The molecule has 170 valence electrons. The third kappa shape index (κ3) is 4.16. The van der Waals surface area contributed by atoms with Crippen LogP contribution >= 0.6 is 11.6 Å². The van der Waals surface area contributed by atoms with Gasteiger partial charge in [-0.15, -0.1) is 0 Å². The molecule has 1 aliphatic heterocycles. The number of hydrogen-bond donors (Lipinski definition) is 1. The van der Waals surface area contributed by atoms with E-state index in [0.29, 0.717) is 34.7 Å². The second kappa shape index (κ2) is 8.52. The molecule has 1 atom stereocenters. The first kappa shape index (κ1) is 22.8. The summed E-state index contributed by atoms with van der Waals surface area (Å²) in [7, 11) is -3.41. The Hall–Kier alpha value is -2.38. The van der Waals surface area contributed by atoms with E-state index in [4.69, 9.17) is 16.3 Å². The lowest BCUT2D eigenvalue weighted by molar-refractivity contribution is -0.154. The second-order valence-corrected chi connectivity index (χ2v) is 11.0. The summed E-state index contributed by atoms with van der Waals surface area (Å²) in [6.45, 7) is 3.41. The van der Waals surface area contributed by atoms with E-state index in [1.807, 2.05) is 19.1 Å². The summed E-state index contributed by atoms with van der Waals surface area (Å²) in [6.07, 6.45) is 3.97. The zero-order valence-electron chi connectivity index (χ0n) is 18.1. The van der Waals surface area contributed by atoms with Crippen molar-refractivity contribution in [2.24, 2.45) is 0 Å². The molecule has 0 bridgehead atoms. The maximum absolute atomic E-state index is 13.3. The number of sulfonamides is 1. The molecule has 1 saturated carbocycles. The molecule has 2 aliphatic rings. The minimum atomic E-state index is -3.41. The molecule has 2 fully saturated rings. The van der Waals surface area contributed by atoms with Crippen LogP contribution in [0.3, 0.4) is 0 Å². The van der Waals surface area contributed by atoms with E-state index in [9.17, 15) is 18.0 Å². The number of nitrogens with one attached hydrogen (secondary N) is 1. The molecular formula is C24H26ClNO5S. The van der Waals surface area contributed by atoms with Crippen LogP contribution in [0, 0.1) is 6.92 Å². The average Bonchev–Trinajstić information content (AvgIpc) is 2.99. The van der Waals surface area contributed by atoms with Crippen molar-refractivity contribution in [3.8, 4) is 11.1 Å². The average molecular weight is 476 g/mol. The Balaban J connectivity index is 1.68. The van der Waals surface area contributed by atoms with Crippen LogP contribution in [0.15, 0.2) is 36.4 Å². The Morgan fingerprint density at radius 3 is 2.53 bits per heavy atom. The van der Waals surface area contributed by atoms with Crippen molar-refractivity contribution >= 4 is 39.1 Å². The predicted octanol–water partition coefficient (Wildman–Crippen LogP) is 4.99. The van der Waals surface area contributed by atoms with Gasteiger partial charge in [-0.1, -0.05) is 30.2 Å². The lowest BCUT2D eigenvalue weighted by Crippen LogP contribution is -2.39. The molecule has 32 heavy (non-hydrogen) atoms.